The number of unbranched alkanes of at least 4 members (excludes halogenated alkanes) is 1. The SMILES string of the molecule is NCCCCNCc1csc([N+](=O)[O-])c1. The predicted octanol–water partition coefficient (Wildman–Crippen LogP) is 1.48. The summed E-state index contributed by atoms with van der Waals surface area (Å²) < 4.78 is 0. The van der Waals surface area contributed by atoms with Gasteiger partial charge in [0.15, 0.2) is 0 Å². The van der Waals surface area contributed by atoms with Crippen LogP contribution in [-0.4, -0.2) is 18.0 Å². The van der Waals surface area contributed by atoms with Gasteiger partial charge >= 0.3 is 5.00 Å². The first-order valence-electron chi connectivity index (χ1n) is 4.86. The molecule has 0 aliphatic rings. The smallest absolute Gasteiger partial charge is 0.324 e. The van der Waals surface area contributed by atoms with Gasteiger partial charge in [0.1, 0.15) is 0 Å². The van der Waals surface area contributed by atoms with Crippen LogP contribution < -0.4 is 11.1 Å². The summed E-state index contributed by atoms with van der Waals surface area (Å²) in [6, 6.07) is 1.61. The molecule has 0 aliphatic heterocycles. The van der Waals surface area contributed by atoms with Crippen molar-refractivity contribution in [3.63, 3.8) is 0 Å². The number of rotatable bonds is 7. The molecule has 0 fully saturated rings. The largest absolute Gasteiger partial charge is 0.330 e. The minimum absolute atomic E-state index is 0.203. The van der Waals surface area contributed by atoms with E-state index in [-0.39, 0.29) is 9.92 Å². The molecular weight excluding hydrogens is 214 g/mol. The zero-order valence-electron chi connectivity index (χ0n) is 8.44. The summed E-state index contributed by atoms with van der Waals surface area (Å²) in [7, 11) is 0. The van der Waals surface area contributed by atoms with Crippen molar-refractivity contribution >= 4 is 16.3 Å². The van der Waals surface area contributed by atoms with Gasteiger partial charge in [-0.05, 0) is 31.5 Å². The Morgan fingerprint density at radius 1 is 1.53 bits per heavy atom. The van der Waals surface area contributed by atoms with Crippen molar-refractivity contribution in [2.45, 2.75) is 19.4 Å². The molecule has 15 heavy (non-hydrogen) atoms. The van der Waals surface area contributed by atoms with Crippen LogP contribution in [0.25, 0.3) is 0 Å². The standard InChI is InChI=1S/C9H15N3O2S/c10-3-1-2-4-11-6-8-5-9(12(13)14)15-7-8/h5,7,11H,1-4,6,10H2. The van der Waals surface area contributed by atoms with E-state index in [2.05, 4.69) is 5.32 Å². The van der Waals surface area contributed by atoms with E-state index in [0.717, 1.165) is 24.9 Å². The second-order valence-electron chi connectivity index (χ2n) is 3.22. The van der Waals surface area contributed by atoms with Gasteiger partial charge in [-0.25, -0.2) is 0 Å². The highest BCUT2D eigenvalue weighted by atomic mass is 32.1. The van der Waals surface area contributed by atoms with Crippen molar-refractivity contribution in [1.82, 2.24) is 5.32 Å². The van der Waals surface area contributed by atoms with Crippen LogP contribution in [0, 0.1) is 10.1 Å². The van der Waals surface area contributed by atoms with Crippen molar-refractivity contribution in [2.75, 3.05) is 13.1 Å². The minimum atomic E-state index is -0.359. The van der Waals surface area contributed by atoms with Crippen molar-refractivity contribution in [3.8, 4) is 0 Å². The molecule has 0 unspecified atom stereocenters. The second-order valence-corrected chi connectivity index (χ2v) is 4.11. The first kappa shape index (κ1) is 12.1. The number of hydrogen-bond acceptors (Lipinski definition) is 5. The highest BCUT2D eigenvalue weighted by Gasteiger charge is 2.08. The lowest BCUT2D eigenvalue weighted by Crippen LogP contribution is -2.15. The van der Waals surface area contributed by atoms with Crippen LogP contribution >= 0.6 is 11.3 Å². The number of nitro groups is 1. The third kappa shape index (κ3) is 4.37. The van der Waals surface area contributed by atoms with Gasteiger partial charge in [-0.1, -0.05) is 11.3 Å². The highest BCUT2D eigenvalue weighted by molar-refractivity contribution is 7.13. The monoisotopic (exact) mass is 229 g/mol. The fourth-order valence-corrected chi connectivity index (χ4v) is 1.91. The maximum absolute atomic E-state index is 10.4. The molecule has 1 aromatic rings. The molecule has 0 radical (unpaired) electrons. The Labute approximate surface area is 92.4 Å². The third-order valence-electron chi connectivity index (χ3n) is 1.96. The van der Waals surface area contributed by atoms with E-state index in [1.165, 1.54) is 11.3 Å². The van der Waals surface area contributed by atoms with Crippen LogP contribution in [0.15, 0.2) is 11.4 Å². The number of nitrogens with zero attached hydrogens (tertiary/aromatic N) is 1. The summed E-state index contributed by atoms with van der Waals surface area (Å²) in [5.41, 5.74) is 6.33. The molecule has 0 bridgehead atoms. The highest BCUT2D eigenvalue weighted by Crippen LogP contribution is 2.22. The lowest BCUT2D eigenvalue weighted by molar-refractivity contribution is -0.380. The fourth-order valence-electron chi connectivity index (χ4n) is 1.18. The summed E-state index contributed by atoms with van der Waals surface area (Å²) in [6.45, 7) is 2.31. The van der Waals surface area contributed by atoms with Gasteiger partial charge in [-0.2, -0.15) is 0 Å². The Bertz CT molecular complexity index is 314. The Kier molecular flexibility index (Phi) is 5.23. The van der Waals surface area contributed by atoms with Crippen LogP contribution in [0.3, 0.4) is 0 Å². The number of nitrogens with one attached hydrogen (secondary N) is 1. The quantitative estimate of drug-likeness (QED) is 0.421. The van der Waals surface area contributed by atoms with Crippen molar-refractivity contribution in [1.29, 1.82) is 0 Å². The van der Waals surface area contributed by atoms with E-state index >= 15 is 0 Å². The van der Waals surface area contributed by atoms with Crippen molar-refractivity contribution in [2.24, 2.45) is 5.73 Å². The van der Waals surface area contributed by atoms with Crippen LogP contribution in [0.2, 0.25) is 0 Å². The molecule has 0 atom stereocenters. The topological polar surface area (TPSA) is 81.2 Å². The van der Waals surface area contributed by atoms with E-state index in [1.54, 1.807) is 6.07 Å². The fraction of sp³-hybridized carbons (Fsp3) is 0.556. The molecule has 0 amide bonds. The van der Waals surface area contributed by atoms with Crippen LogP contribution in [-0.2, 0) is 6.54 Å². The van der Waals surface area contributed by atoms with Crippen LogP contribution in [0.1, 0.15) is 18.4 Å². The number of thiophene rings is 1. The van der Waals surface area contributed by atoms with E-state index < -0.39 is 0 Å². The molecule has 3 N–H and O–H groups in total. The molecular formula is C9H15N3O2S. The van der Waals surface area contributed by atoms with Gasteiger partial charge in [0, 0.05) is 18.0 Å². The van der Waals surface area contributed by atoms with Gasteiger partial charge < -0.3 is 11.1 Å². The van der Waals surface area contributed by atoms with Gasteiger partial charge in [-0.3, -0.25) is 10.1 Å². The third-order valence-corrected chi connectivity index (χ3v) is 2.89. The molecule has 1 heterocycles. The van der Waals surface area contributed by atoms with Gasteiger partial charge in [-0.15, -0.1) is 0 Å². The molecule has 1 aromatic heterocycles. The first-order chi connectivity index (χ1) is 7.24. The van der Waals surface area contributed by atoms with Crippen molar-refractivity contribution in [3.05, 3.63) is 27.1 Å². The predicted molar refractivity (Wildman–Crippen MR) is 61.0 cm³/mol. The molecule has 0 saturated carbocycles. The normalized spacial score (nSPS) is 10.5. The van der Waals surface area contributed by atoms with E-state index in [1.807, 2.05) is 5.38 Å². The molecule has 5 nitrogen and oxygen atoms in total. The number of hydrogen-bond donors (Lipinski definition) is 2. The molecule has 6 heteroatoms. The number of nitrogens with two attached hydrogens (primary N) is 1. The van der Waals surface area contributed by atoms with E-state index in [9.17, 15) is 10.1 Å². The lowest BCUT2D eigenvalue weighted by Gasteiger charge is -2.01. The zero-order valence-corrected chi connectivity index (χ0v) is 9.26. The van der Waals surface area contributed by atoms with E-state index in [4.69, 9.17) is 5.73 Å². The molecule has 0 aliphatic carbocycles. The molecule has 0 aromatic carbocycles. The Morgan fingerprint density at radius 3 is 2.93 bits per heavy atom. The lowest BCUT2D eigenvalue weighted by atomic mass is 10.3. The summed E-state index contributed by atoms with van der Waals surface area (Å²) in [4.78, 5) is 10.1. The Balaban J connectivity index is 2.23. The molecule has 84 valence electrons. The molecule has 0 spiro atoms. The van der Waals surface area contributed by atoms with E-state index in [0.29, 0.717) is 13.1 Å². The molecule has 1 rings (SSSR count). The first-order valence-corrected chi connectivity index (χ1v) is 5.74. The summed E-state index contributed by atoms with van der Waals surface area (Å²) in [5.74, 6) is 0. The Morgan fingerprint density at radius 2 is 2.33 bits per heavy atom. The Hall–Kier alpha value is -0.980. The van der Waals surface area contributed by atoms with Crippen LogP contribution in [0.4, 0.5) is 5.00 Å². The van der Waals surface area contributed by atoms with Gasteiger partial charge in [0.25, 0.3) is 0 Å². The summed E-state index contributed by atoms with van der Waals surface area (Å²) in [5, 5.41) is 15.6. The van der Waals surface area contributed by atoms with Gasteiger partial charge in [0.05, 0.1) is 4.92 Å². The zero-order chi connectivity index (χ0) is 11.1. The van der Waals surface area contributed by atoms with Crippen molar-refractivity contribution < 1.29 is 4.92 Å². The summed E-state index contributed by atoms with van der Waals surface area (Å²) in [6.07, 6.45) is 2.06. The summed E-state index contributed by atoms with van der Waals surface area (Å²) >= 11 is 1.17. The van der Waals surface area contributed by atoms with Crippen LogP contribution in [0.5, 0.6) is 0 Å². The molecule has 0 saturated heterocycles. The maximum atomic E-state index is 10.4. The minimum Gasteiger partial charge on any atom is -0.330 e. The maximum Gasteiger partial charge on any atom is 0.324 e. The second kappa shape index (κ2) is 6.49. The average molecular weight is 229 g/mol. The average Bonchev–Trinajstić information content (AvgIpc) is 2.66. The van der Waals surface area contributed by atoms with Gasteiger partial charge in [0.2, 0.25) is 0 Å².